The first-order valence-corrected chi connectivity index (χ1v) is 4.91. The van der Waals surface area contributed by atoms with E-state index in [0.29, 0.717) is 6.54 Å². The molecule has 1 heterocycles. The second-order valence-electron chi connectivity index (χ2n) is 3.41. The van der Waals surface area contributed by atoms with E-state index >= 15 is 0 Å². The minimum Gasteiger partial charge on any atom is -0.325 e. The lowest BCUT2D eigenvalue weighted by molar-refractivity contribution is 0.997. The summed E-state index contributed by atoms with van der Waals surface area (Å²) < 4.78 is 0. The molecule has 1 aromatic heterocycles. The van der Waals surface area contributed by atoms with E-state index in [9.17, 15) is 0 Å². The Labute approximate surface area is 83.8 Å². The third kappa shape index (κ3) is 1.61. The molecule has 0 aliphatic rings. The van der Waals surface area contributed by atoms with Crippen LogP contribution in [0.25, 0.3) is 10.8 Å². The molecule has 1 aromatic carbocycles. The van der Waals surface area contributed by atoms with Gasteiger partial charge in [-0.15, -0.1) is 0 Å². The zero-order valence-electron chi connectivity index (χ0n) is 8.33. The molecule has 14 heavy (non-hydrogen) atoms. The maximum Gasteiger partial charge on any atom is 0.0545 e. The van der Waals surface area contributed by atoms with E-state index in [4.69, 9.17) is 5.73 Å². The Bertz CT molecular complexity index is 410. The van der Waals surface area contributed by atoms with Gasteiger partial charge >= 0.3 is 0 Å². The van der Waals surface area contributed by atoms with Gasteiger partial charge < -0.3 is 5.73 Å². The van der Waals surface area contributed by atoms with E-state index in [1.807, 2.05) is 6.20 Å². The van der Waals surface area contributed by atoms with Gasteiger partial charge in [-0.2, -0.15) is 0 Å². The lowest BCUT2D eigenvalue weighted by Gasteiger charge is -2.02. The van der Waals surface area contributed by atoms with Crippen molar-refractivity contribution in [1.82, 2.24) is 4.98 Å². The zero-order chi connectivity index (χ0) is 9.97. The van der Waals surface area contributed by atoms with Crippen LogP contribution < -0.4 is 5.73 Å². The first-order chi connectivity index (χ1) is 6.83. The standard InChI is InChI=1S/C12H14N2/c1-2-9-3-4-10-8-14-12(7-13)6-11(10)5-9/h3-6,8H,2,7,13H2,1H3. The molecule has 2 heteroatoms. The third-order valence-electron chi connectivity index (χ3n) is 2.46. The van der Waals surface area contributed by atoms with Gasteiger partial charge in [0, 0.05) is 18.1 Å². The van der Waals surface area contributed by atoms with Gasteiger partial charge in [-0.25, -0.2) is 0 Å². The number of hydrogen-bond acceptors (Lipinski definition) is 2. The normalized spacial score (nSPS) is 10.7. The summed E-state index contributed by atoms with van der Waals surface area (Å²) in [6.07, 6.45) is 2.95. The maximum absolute atomic E-state index is 5.55. The van der Waals surface area contributed by atoms with Crippen LogP contribution in [0.1, 0.15) is 18.2 Å². The largest absolute Gasteiger partial charge is 0.325 e. The van der Waals surface area contributed by atoms with Crippen molar-refractivity contribution in [3.05, 3.63) is 41.7 Å². The summed E-state index contributed by atoms with van der Waals surface area (Å²) >= 11 is 0. The van der Waals surface area contributed by atoms with Crippen LogP contribution in [0, 0.1) is 0 Å². The summed E-state index contributed by atoms with van der Waals surface area (Å²) in [4.78, 5) is 4.26. The van der Waals surface area contributed by atoms with Crippen LogP contribution in [0.4, 0.5) is 0 Å². The third-order valence-corrected chi connectivity index (χ3v) is 2.46. The second kappa shape index (κ2) is 3.76. The zero-order valence-corrected chi connectivity index (χ0v) is 8.33. The summed E-state index contributed by atoms with van der Waals surface area (Å²) in [6, 6.07) is 8.53. The monoisotopic (exact) mass is 186 g/mol. The van der Waals surface area contributed by atoms with Crippen molar-refractivity contribution in [2.24, 2.45) is 5.73 Å². The Kier molecular flexibility index (Phi) is 2.46. The van der Waals surface area contributed by atoms with E-state index in [1.54, 1.807) is 0 Å². The number of fused-ring (bicyclic) bond motifs is 1. The number of rotatable bonds is 2. The fraction of sp³-hybridized carbons (Fsp3) is 0.250. The highest BCUT2D eigenvalue weighted by atomic mass is 14.7. The number of nitrogens with zero attached hydrogens (tertiary/aromatic N) is 1. The van der Waals surface area contributed by atoms with Gasteiger partial charge in [-0.3, -0.25) is 4.98 Å². The van der Waals surface area contributed by atoms with Crippen LogP contribution in [-0.4, -0.2) is 4.98 Å². The number of pyridine rings is 1. The van der Waals surface area contributed by atoms with Gasteiger partial charge in [0.15, 0.2) is 0 Å². The number of benzene rings is 1. The first kappa shape index (κ1) is 9.16. The Hall–Kier alpha value is -1.41. The summed E-state index contributed by atoms with van der Waals surface area (Å²) in [7, 11) is 0. The molecular formula is C12H14N2. The molecule has 0 saturated carbocycles. The van der Waals surface area contributed by atoms with Gasteiger partial charge in [-0.05, 0) is 23.4 Å². The SMILES string of the molecule is CCc1ccc2cnc(CN)cc2c1. The minimum absolute atomic E-state index is 0.506. The molecule has 0 amide bonds. The highest BCUT2D eigenvalue weighted by Gasteiger charge is 1.97. The lowest BCUT2D eigenvalue weighted by Crippen LogP contribution is -1.98. The van der Waals surface area contributed by atoms with Crippen molar-refractivity contribution in [1.29, 1.82) is 0 Å². The highest BCUT2D eigenvalue weighted by molar-refractivity contribution is 5.82. The van der Waals surface area contributed by atoms with Crippen LogP contribution in [0.15, 0.2) is 30.5 Å². The summed E-state index contributed by atoms with van der Waals surface area (Å²) in [5.41, 5.74) is 7.85. The lowest BCUT2D eigenvalue weighted by atomic mass is 10.1. The van der Waals surface area contributed by atoms with Gasteiger partial charge in [0.1, 0.15) is 0 Å². The van der Waals surface area contributed by atoms with Crippen LogP contribution in [0.3, 0.4) is 0 Å². The predicted octanol–water partition coefficient (Wildman–Crippen LogP) is 2.26. The van der Waals surface area contributed by atoms with Gasteiger partial charge in [-0.1, -0.05) is 25.1 Å². The Morgan fingerprint density at radius 1 is 1.21 bits per heavy atom. The maximum atomic E-state index is 5.55. The highest BCUT2D eigenvalue weighted by Crippen LogP contribution is 2.16. The van der Waals surface area contributed by atoms with Gasteiger partial charge in [0.2, 0.25) is 0 Å². The first-order valence-electron chi connectivity index (χ1n) is 4.91. The minimum atomic E-state index is 0.506. The summed E-state index contributed by atoms with van der Waals surface area (Å²) in [6.45, 7) is 2.67. The molecule has 0 saturated heterocycles. The molecule has 0 aliphatic heterocycles. The average Bonchev–Trinajstić information content (AvgIpc) is 2.27. The van der Waals surface area contributed by atoms with Crippen molar-refractivity contribution in [2.75, 3.05) is 0 Å². The number of aromatic nitrogens is 1. The van der Waals surface area contributed by atoms with Crippen LogP contribution >= 0.6 is 0 Å². The second-order valence-corrected chi connectivity index (χ2v) is 3.41. The summed E-state index contributed by atoms with van der Waals surface area (Å²) in [5.74, 6) is 0. The van der Waals surface area contributed by atoms with Crippen molar-refractivity contribution >= 4 is 10.8 Å². The molecule has 2 N–H and O–H groups in total. The Morgan fingerprint density at radius 2 is 2.07 bits per heavy atom. The van der Waals surface area contributed by atoms with Crippen molar-refractivity contribution < 1.29 is 0 Å². The van der Waals surface area contributed by atoms with E-state index in [1.165, 1.54) is 16.3 Å². The molecule has 0 atom stereocenters. The smallest absolute Gasteiger partial charge is 0.0545 e. The van der Waals surface area contributed by atoms with Gasteiger partial charge in [0.05, 0.1) is 5.69 Å². The van der Waals surface area contributed by atoms with Crippen LogP contribution in [0.5, 0.6) is 0 Å². The molecule has 72 valence electrons. The molecule has 2 nitrogen and oxygen atoms in total. The fourth-order valence-electron chi connectivity index (χ4n) is 1.57. The number of hydrogen-bond donors (Lipinski definition) is 1. The molecule has 0 spiro atoms. The molecular weight excluding hydrogens is 172 g/mol. The van der Waals surface area contributed by atoms with Crippen LogP contribution in [-0.2, 0) is 13.0 Å². The number of aryl methyl sites for hydroxylation is 1. The van der Waals surface area contributed by atoms with E-state index in [2.05, 4.69) is 36.2 Å². The molecule has 0 fully saturated rings. The molecule has 0 bridgehead atoms. The molecule has 0 aliphatic carbocycles. The Balaban J connectivity index is 2.60. The Morgan fingerprint density at radius 3 is 2.79 bits per heavy atom. The molecule has 0 radical (unpaired) electrons. The number of nitrogens with two attached hydrogens (primary N) is 1. The van der Waals surface area contributed by atoms with Gasteiger partial charge in [0.25, 0.3) is 0 Å². The van der Waals surface area contributed by atoms with Crippen molar-refractivity contribution in [3.8, 4) is 0 Å². The van der Waals surface area contributed by atoms with Crippen LogP contribution in [0.2, 0.25) is 0 Å². The molecule has 2 aromatic rings. The van der Waals surface area contributed by atoms with Crippen molar-refractivity contribution in [3.63, 3.8) is 0 Å². The predicted molar refractivity (Wildman–Crippen MR) is 59.0 cm³/mol. The quantitative estimate of drug-likeness (QED) is 0.781. The van der Waals surface area contributed by atoms with E-state index in [0.717, 1.165) is 12.1 Å². The van der Waals surface area contributed by atoms with Crippen molar-refractivity contribution in [2.45, 2.75) is 19.9 Å². The molecule has 0 unspecified atom stereocenters. The molecule has 2 rings (SSSR count). The fourth-order valence-corrected chi connectivity index (χ4v) is 1.57. The average molecular weight is 186 g/mol. The topological polar surface area (TPSA) is 38.9 Å². The van der Waals surface area contributed by atoms with E-state index in [-0.39, 0.29) is 0 Å². The van der Waals surface area contributed by atoms with E-state index < -0.39 is 0 Å². The summed E-state index contributed by atoms with van der Waals surface area (Å²) in [5, 5.41) is 2.42.